The average molecular weight is 608 g/mol. The lowest BCUT2D eigenvalue weighted by Crippen LogP contribution is -1.92. The van der Waals surface area contributed by atoms with Gasteiger partial charge in [0.15, 0.2) is 0 Å². The number of hydrogen-bond donors (Lipinski definition) is 0. The van der Waals surface area contributed by atoms with Crippen LogP contribution in [0.3, 0.4) is 0 Å². The molecule has 0 aromatic heterocycles. The van der Waals surface area contributed by atoms with Crippen molar-refractivity contribution >= 4 is 75.4 Å². The summed E-state index contributed by atoms with van der Waals surface area (Å²) < 4.78 is 29.8. The highest BCUT2D eigenvalue weighted by molar-refractivity contribution is 6.27. The second-order valence-corrected chi connectivity index (χ2v) is 13.0. The van der Waals surface area contributed by atoms with Gasteiger partial charge in [-0.1, -0.05) is 164 Å². The van der Waals surface area contributed by atoms with Crippen molar-refractivity contribution in [3.8, 4) is 33.4 Å². The van der Waals surface area contributed by atoms with Crippen molar-refractivity contribution in [2.24, 2.45) is 0 Å². The lowest BCUT2D eigenvalue weighted by atomic mass is 9.84. The normalized spacial score (nSPS) is 13.0. The molecule has 220 valence electrons. The molecule has 0 fully saturated rings. The van der Waals surface area contributed by atoms with Crippen LogP contribution in [0.4, 0.5) is 0 Å². The number of fused-ring (bicyclic) bond motifs is 1. The Morgan fingerprint density at radius 3 is 1.40 bits per heavy atom. The molecule has 0 bridgehead atoms. The number of rotatable bonds is 3. The van der Waals surface area contributed by atoms with Crippen molar-refractivity contribution in [1.82, 2.24) is 0 Å². The van der Waals surface area contributed by atoms with Gasteiger partial charge in [-0.15, -0.1) is 0 Å². The van der Waals surface area contributed by atoms with Crippen LogP contribution in [-0.2, 0) is 0 Å². The summed E-state index contributed by atoms with van der Waals surface area (Å²) in [5, 5.41) is 15.8. The first-order valence-electron chi connectivity index (χ1n) is 18.0. The molecule has 0 aliphatic heterocycles. The Morgan fingerprint density at radius 1 is 0.271 bits per heavy atom. The van der Waals surface area contributed by atoms with Crippen LogP contribution < -0.4 is 0 Å². The second kappa shape index (κ2) is 9.64. The first-order valence-corrected chi connectivity index (χ1v) is 16.5. The molecule has 0 aliphatic rings. The minimum atomic E-state index is 0.0689. The Kier molecular flexibility index (Phi) is 4.65. The molecule has 0 heterocycles. The monoisotopic (exact) mass is 607 g/mol. The fourth-order valence-corrected chi connectivity index (χ4v) is 8.29. The second-order valence-electron chi connectivity index (χ2n) is 13.0. The topological polar surface area (TPSA) is 0 Å². The highest BCUT2D eigenvalue weighted by Gasteiger charge is 2.19. The molecule has 0 N–H and O–H groups in total. The molecule has 0 radical (unpaired) electrons. The van der Waals surface area contributed by atoms with E-state index in [0.29, 0.717) is 16.7 Å². The third-order valence-corrected chi connectivity index (χ3v) is 10.5. The molecule has 11 aromatic carbocycles. The van der Waals surface area contributed by atoms with Crippen molar-refractivity contribution in [1.29, 1.82) is 0 Å². The van der Waals surface area contributed by atoms with Crippen molar-refractivity contribution in [2.45, 2.75) is 0 Å². The van der Waals surface area contributed by atoms with Gasteiger partial charge in [0, 0.05) is 0 Å². The lowest BCUT2D eigenvalue weighted by molar-refractivity contribution is 1.61. The fraction of sp³-hybridized carbons (Fsp3) is 0. The summed E-state index contributed by atoms with van der Waals surface area (Å²) >= 11 is 0. The van der Waals surface area contributed by atoms with E-state index >= 15 is 0 Å². The molecular formula is C48H28. The van der Waals surface area contributed by atoms with E-state index in [1.807, 2.05) is 24.3 Å². The first kappa shape index (κ1) is 23.1. The zero-order valence-electron chi connectivity index (χ0n) is 28.9. The summed E-state index contributed by atoms with van der Waals surface area (Å²) in [5.74, 6) is 0. The van der Waals surface area contributed by atoms with E-state index in [4.69, 9.17) is 0 Å². The van der Waals surface area contributed by atoms with Crippen molar-refractivity contribution in [3.63, 3.8) is 0 Å². The van der Waals surface area contributed by atoms with E-state index in [-0.39, 0.29) is 18.1 Å². The minimum Gasteiger partial charge on any atom is -0.0616 e. The first-order chi connectivity index (χ1) is 25.1. The largest absolute Gasteiger partial charge is 0.0636 e. The quantitative estimate of drug-likeness (QED) is 0.175. The van der Waals surface area contributed by atoms with Gasteiger partial charge in [0.25, 0.3) is 0 Å². The minimum absolute atomic E-state index is 0.0689. The maximum absolute atomic E-state index is 10.2. The third kappa shape index (κ3) is 3.55. The predicted octanol–water partition coefficient (Wildman–Crippen LogP) is 13.6. The average Bonchev–Trinajstić information content (AvgIpc) is 3.18. The van der Waals surface area contributed by atoms with Gasteiger partial charge in [0.05, 0.1) is 4.11 Å². The molecule has 0 spiro atoms. The molecule has 0 amide bonds. The van der Waals surface area contributed by atoms with E-state index in [2.05, 4.69) is 127 Å². The smallest absolute Gasteiger partial charge is 0.0616 e. The van der Waals surface area contributed by atoms with E-state index in [1.165, 1.54) is 32.3 Å². The summed E-state index contributed by atoms with van der Waals surface area (Å²) in [6, 6.07) is 53.4. The summed E-state index contributed by atoms with van der Waals surface area (Å²) in [7, 11) is 0. The summed E-state index contributed by atoms with van der Waals surface area (Å²) in [5.41, 5.74) is 4.38. The van der Waals surface area contributed by atoms with Crippen LogP contribution in [-0.4, -0.2) is 0 Å². The van der Waals surface area contributed by atoms with Crippen LogP contribution in [0.25, 0.3) is 109 Å². The molecule has 0 unspecified atom stereocenters. The van der Waals surface area contributed by atoms with Gasteiger partial charge >= 0.3 is 0 Å². The van der Waals surface area contributed by atoms with Crippen LogP contribution in [0.1, 0.15) is 4.11 Å². The molecule has 0 nitrogen and oxygen atoms in total. The van der Waals surface area contributed by atoms with Gasteiger partial charge in [-0.3, -0.25) is 0 Å². The Bertz CT molecular complexity index is 3190. The molecule has 0 atom stereocenters. The molecule has 0 saturated carbocycles. The van der Waals surface area contributed by atoms with Gasteiger partial charge < -0.3 is 0 Å². The van der Waals surface area contributed by atoms with Crippen LogP contribution >= 0.6 is 0 Å². The Labute approximate surface area is 282 Å². The zero-order valence-corrected chi connectivity index (χ0v) is 25.9. The maximum Gasteiger partial charge on any atom is 0.0636 e. The van der Waals surface area contributed by atoms with Crippen molar-refractivity contribution in [3.05, 3.63) is 170 Å². The fourth-order valence-electron chi connectivity index (χ4n) is 8.29. The van der Waals surface area contributed by atoms with Gasteiger partial charge in [-0.25, -0.2) is 0 Å². The SMILES string of the molecule is [2H]c1c([2H])c(-c2cccc3ccccc23)c(-c2ccc3ccc4cccc5ccc2c3c45)c([2H])c1-c1ccc2ccc3cccc4ccc1c2c34. The number of benzene rings is 11. The maximum atomic E-state index is 10.2. The molecule has 48 heavy (non-hydrogen) atoms. The van der Waals surface area contributed by atoms with Crippen molar-refractivity contribution in [2.75, 3.05) is 0 Å². The van der Waals surface area contributed by atoms with E-state index in [1.54, 1.807) is 0 Å². The highest BCUT2D eigenvalue weighted by atomic mass is 14.2. The Morgan fingerprint density at radius 2 is 0.729 bits per heavy atom. The molecule has 0 heteroatoms. The standard InChI is InChI=1S/C48H28/c1-2-12-37-29(6-1)7-5-13-39(37)40-25-22-36(38-23-18-34-16-14-30-8-3-10-32-20-26-42(38)47(34)45(30)32)28-44(40)41-24-19-35-17-15-31-9-4-11-33-21-27-43(41)48(35)46(31)33/h1-28H/i22D,25D,28D. The van der Waals surface area contributed by atoms with Crippen LogP contribution in [0.2, 0.25) is 0 Å². The molecular weight excluding hydrogens is 577 g/mol. The summed E-state index contributed by atoms with van der Waals surface area (Å²) in [6.07, 6.45) is 0. The highest BCUT2D eigenvalue weighted by Crippen LogP contribution is 2.46. The van der Waals surface area contributed by atoms with E-state index < -0.39 is 0 Å². The molecule has 11 aromatic rings. The summed E-state index contributed by atoms with van der Waals surface area (Å²) in [6.45, 7) is 0. The van der Waals surface area contributed by atoms with Gasteiger partial charge in [-0.05, 0) is 115 Å². The van der Waals surface area contributed by atoms with E-state index in [9.17, 15) is 4.11 Å². The Balaban J connectivity index is 1.31. The van der Waals surface area contributed by atoms with Crippen LogP contribution in [0.5, 0.6) is 0 Å². The van der Waals surface area contributed by atoms with Crippen LogP contribution in [0.15, 0.2) is 170 Å². The zero-order chi connectivity index (χ0) is 34.0. The van der Waals surface area contributed by atoms with Crippen LogP contribution in [0, 0.1) is 0 Å². The van der Waals surface area contributed by atoms with Gasteiger partial charge in [0.1, 0.15) is 0 Å². The molecule has 0 saturated heterocycles. The number of hydrogen-bond acceptors (Lipinski definition) is 0. The van der Waals surface area contributed by atoms with Crippen molar-refractivity contribution < 1.29 is 4.11 Å². The summed E-state index contributed by atoms with van der Waals surface area (Å²) in [4.78, 5) is 0. The predicted molar refractivity (Wildman–Crippen MR) is 208 cm³/mol. The third-order valence-electron chi connectivity index (χ3n) is 10.5. The lowest BCUT2D eigenvalue weighted by Gasteiger charge is -2.19. The van der Waals surface area contributed by atoms with E-state index in [0.717, 1.165) is 59.8 Å². The molecule has 0 aliphatic carbocycles. The Hall–Kier alpha value is -6.24. The van der Waals surface area contributed by atoms with Gasteiger partial charge in [0.2, 0.25) is 0 Å². The molecule has 11 rings (SSSR count). The van der Waals surface area contributed by atoms with Gasteiger partial charge in [-0.2, -0.15) is 0 Å².